The summed E-state index contributed by atoms with van der Waals surface area (Å²) < 4.78 is 6.10. The molecule has 8 heteroatoms. The summed E-state index contributed by atoms with van der Waals surface area (Å²) in [5.41, 5.74) is 2.66. The van der Waals surface area contributed by atoms with Gasteiger partial charge in [-0.05, 0) is 31.9 Å². The number of aryl methyl sites for hydroxylation is 1. The topological polar surface area (TPSA) is 78.7 Å². The molecule has 138 valence electrons. The molecule has 0 radical (unpaired) electrons. The molecule has 0 aliphatic heterocycles. The van der Waals surface area contributed by atoms with Crippen LogP contribution in [0.15, 0.2) is 36.9 Å². The van der Waals surface area contributed by atoms with E-state index in [1.165, 1.54) is 32.1 Å². The van der Waals surface area contributed by atoms with E-state index in [1.54, 1.807) is 0 Å². The third-order valence-electron chi connectivity index (χ3n) is 5.42. The summed E-state index contributed by atoms with van der Waals surface area (Å²) in [6, 6.07) is 6.57. The van der Waals surface area contributed by atoms with Gasteiger partial charge in [0.25, 0.3) is 0 Å². The minimum absolute atomic E-state index is 0.506. The van der Waals surface area contributed by atoms with Crippen LogP contribution in [0.1, 0.15) is 49.8 Å². The van der Waals surface area contributed by atoms with Gasteiger partial charge in [-0.15, -0.1) is 15.3 Å². The van der Waals surface area contributed by atoms with Crippen LogP contribution in [-0.2, 0) is 6.54 Å². The molecule has 1 saturated carbocycles. The number of aromatic nitrogens is 8. The van der Waals surface area contributed by atoms with E-state index in [0.29, 0.717) is 12.6 Å². The smallest absolute Gasteiger partial charge is 0.154 e. The van der Waals surface area contributed by atoms with Crippen LogP contribution in [0.5, 0.6) is 0 Å². The molecule has 0 bridgehead atoms. The maximum atomic E-state index is 4.68. The summed E-state index contributed by atoms with van der Waals surface area (Å²) in [6.07, 6.45) is 12.1. The maximum Gasteiger partial charge on any atom is 0.154 e. The highest BCUT2D eigenvalue weighted by Gasteiger charge is 2.19. The monoisotopic (exact) mass is 362 g/mol. The van der Waals surface area contributed by atoms with Crippen LogP contribution in [0.2, 0.25) is 0 Å². The molecule has 0 amide bonds. The molecular weight excluding hydrogens is 340 g/mol. The van der Waals surface area contributed by atoms with Crippen LogP contribution in [0, 0.1) is 6.92 Å². The van der Waals surface area contributed by atoms with Gasteiger partial charge in [0.2, 0.25) is 0 Å². The molecule has 1 aliphatic carbocycles. The van der Waals surface area contributed by atoms with Gasteiger partial charge in [0.05, 0.1) is 11.7 Å². The Bertz CT molecular complexity index is 1070. The minimum atomic E-state index is 0.506. The first-order valence-electron chi connectivity index (χ1n) is 9.52. The molecule has 0 spiro atoms. The molecule has 5 rings (SSSR count). The van der Waals surface area contributed by atoms with Crippen LogP contribution in [-0.4, -0.2) is 39.1 Å². The SMILES string of the molecule is Cc1nc(-c2cn(Cc3nncn3C3CCCCC3)nn2)c2ccccn12. The zero-order chi connectivity index (χ0) is 18.2. The molecule has 1 fully saturated rings. The fraction of sp³-hybridized carbons (Fsp3) is 0.421. The van der Waals surface area contributed by atoms with Gasteiger partial charge in [-0.1, -0.05) is 30.5 Å². The van der Waals surface area contributed by atoms with Crippen molar-refractivity contribution in [3.63, 3.8) is 0 Å². The van der Waals surface area contributed by atoms with E-state index in [9.17, 15) is 0 Å². The maximum absolute atomic E-state index is 4.68. The van der Waals surface area contributed by atoms with Crippen molar-refractivity contribution < 1.29 is 0 Å². The van der Waals surface area contributed by atoms with E-state index in [0.717, 1.165) is 28.6 Å². The number of nitrogens with zero attached hydrogens (tertiary/aromatic N) is 8. The minimum Gasteiger partial charge on any atom is -0.313 e. The fourth-order valence-electron chi connectivity index (χ4n) is 4.05. The number of fused-ring (bicyclic) bond motifs is 1. The predicted molar refractivity (Wildman–Crippen MR) is 100 cm³/mol. The summed E-state index contributed by atoms with van der Waals surface area (Å²) in [6.45, 7) is 2.56. The number of hydrogen-bond acceptors (Lipinski definition) is 5. The lowest BCUT2D eigenvalue weighted by atomic mass is 9.95. The molecule has 4 aromatic heterocycles. The number of imidazole rings is 1. The van der Waals surface area contributed by atoms with Crippen molar-refractivity contribution in [2.75, 3.05) is 0 Å². The van der Waals surface area contributed by atoms with Gasteiger partial charge >= 0.3 is 0 Å². The van der Waals surface area contributed by atoms with Crippen molar-refractivity contribution in [2.24, 2.45) is 0 Å². The van der Waals surface area contributed by atoms with Gasteiger partial charge in [0.15, 0.2) is 5.82 Å². The lowest BCUT2D eigenvalue weighted by Crippen LogP contribution is -2.16. The van der Waals surface area contributed by atoms with Crippen molar-refractivity contribution in [1.29, 1.82) is 0 Å². The van der Waals surface area contributed by atoms with Gasteiger partial charge in [-0.2, -0.15) is 0 Å². The summed E-state index contributed by atoms with van der Waals surface area (Å²) in [4.78, 5) is 4.68. The standard InChI is InChI=1S/C19H22N8/c1-14-21-19(17-9-5-6-10-26(14)17)16-11-25(24-22-16)12-18-23-20-13-27(18)15-7-3-2-4-8-15/h5-6,9-11,13,15H,2-4,7-8,12H2,1H3. The van der Waals surface area contributed by atoms with Crippen molar-refractivity contribution in [1.82, 2.24) is 39.1 Å². The number of hydrogen-bond donors (Lipinski definition) is 0. The average molecular weight is 362 g/mol. The van der Waals surface area contributed by atoms with Crippen molar-refractivity contribution in [3.8, 4) is 11.4 Å². The summed E-state index contributed by atoms with van der Waals surface area (Å²) in [5, 5.41) is 17.1. The molecule has 27 heavy (non-hydrogen) atoms. The predicted octanol–water partition coefficient (Wildman–Crippen LogP) is 3.05. The molecule has 8 nitrogen and oxygen atoms in total. The first kappa shape index (κ1) is 16.2. The van der Waals surface area contributed by atoms with E-state index < -0.39 is 0 Å². The molecule has 0 atom stereocenters. The second-order valence-electron chi connectivity index (χ2n) is 7.21. The highest BCUT2D eigenvalue weighted by atomic mass is 15.4. The van der Waals surface area contributed by atoms with E-state index >= 15 is 0 Å². The summed E-state index contributed by atoms with van der Waals surface area (Å²) >= 11 is 0. The van der Waals surface area contributed by atoms with Gasteiger partial charge in [0.1, 0.15) is 30.1 Å². The first-order valence-corrected chi connectivity index (χ1v) is 9.52. The second kappa shape index (κ2) is 6.61. The molecule has 4 heterocycles. The zero-order valence-electron chi connectivity index (χ0n) is 15.4. The Labute approximate surface area is 156 Å². The van der Waals surface area contributed by atoms with Gasteiger partial charge in [0, 0.05) is 12.2 Å². The summed E-state index contributed by atoms with van der Waals surface area (Å²) in [7, 11) is 0. The third kappa shape index (κ3) is 2.90. The van der Waals surface area contributed by atoms with Gasteiger partial charge < -0.3 is 8.97 Å². The average Bonchev–Trinajstić information content (AvgIpc) is 3.43. The van der Waals surface area contributed by atoms with E-state index in [4.69, 9.17) is 0 Å². The number of rotatable bonds is 4. The Morgan fingerprint density at radius 3 is 2.89 bits per heavy atom. The Morgan fingerprint density at radius 1 is 1.11 bits per heavy atom. The molecular formula is C19H22N8. The van der Waals surface area contributed by atoms with Crippen LogP contribution in [0.4, 0.5) is 0 Å². The van der Waals surface area contributed by atoms with Crippen LogP contribution >= 0.6 is 0 Å². The fourth-order valence-corrected chi connectivity index (χ4v) is 4.05. The molecule has 4 aromatic rings. The highest BCUT2D eigenvalue weighted by Crippen LogP contribution is 2.29. The zero-order valence-corrected chi connectivity index (χ0v) is 15.4. The van der Waals surface area contributed by atoms with E-state index in [2.05, 4.69) is 34.5 Å². The molecule has 1 aliphatic rings. The third-order valence-corrected chi connectivity index (χ3v) is 5.42. The van der Waals surface area contributed by atoms with Gasteiger partial charge in [-0.3, -0.25) is 0 Å². The lowest BCUT2D eigenvalue weighted by Gasteiger charge is -2.23. The Hall–Kier alpha value is -3.03. The van der Waals surface area contributed by atoms with Gasteiger partial charge in [-0.25, -0.2) is 9.67 Å². The molecule has 0 unspecified atom stereocenters. The number of pyridine rings is 1. The Balaban J connectivity index is 1.43. The first-order chi connectivity index (χ1) is 13.3. The second-order valence-corrected chi connectivity index (χ2v) is 7.21. The van der Waals surface area contributed by atoms with Crippen molar-refractivity contribution >= 4 is 5.52 Å². The quantitative estimate of drug-likeness (QED) is 0.557. The van der Waals surface area contributed by atoms with Crippen LogP contribution < -0.4 is 0 Å². The molecule has 0 N–H and O–H groups in total. The van der Waals surface area contributed by atoms with E-state index in [-0.39, 0.29) is 0 Å². The highest BCUT2D eigenvalue weighted by molar-refractivity contribution is 5.74. The molecule has 0 aromatic carbocycles. The lowest BCUT2D eigenvalue weighted by molar-refractivity contribution is 0.342. The van der Waals surface area contributed by atoms with Crippen molar-refractivity contribution in [3.05, 3.63) is 48.6 Å². The Kier molecular flexibility index (Phi) is 3.95. The molecule has 0 saturated heterocycles. The van der Waals surface area contributed by atoms with Crippen molar-refractivity contribution in [2.45, 2.75) is 51.6 Å². The van der Waals surface area contributed by atoms with Crippen LogP contribution in [0.3, 0.4) is 0 Å². The summed E-state index contributed by atoms with van der Waals surface area (Å²) in [5.74, 6) is 1.87. The van der Waals surface area contributed by atoms with E-state index in [1.807, 2.05) is 48.5 Å². The normalized spacial score (nSPS) is 15.6. The van der Waals surface area contributed by atoms with Crippen LogP contribution in [0.25, 0.3) is 16.9 Å². The Morgan fingerprint density at radius 2 is 2.00 bits per heavy atom. The largest absolute Gasteiger partial charge is 0.313 e.